The van der Waals surface area contributed by atoms with E-state index in [2.05, 4.69) is 15.3 Å². The van der Waals surface area contributed by atoms with Gasteiger partial charge in [-0.3, -0.25) is 0 Å². The van der Waals surface area contributed by atoms with Crippen LogP contribution in [0.2, 0.25) is 0 Å². The van der Waals surface area contributed by atoms with Gasteiger partial charge in [0.1, 0.15) is 11.6 Å². The SMILES string of the molecule is Cc1cc(Nc2ccccc2C(=O)O)nc(C(C)C)n1. The Balaban J connectivity index is 2.38. The Morgan fingerprint density at radius 2 is 1.95 bits per heavy atom. The molecule has 0 radical (unpaired) electrons. The first-order valence-electron chi connectivity index (χ1n) is 6.42. The van der Waals surface area contributed by atoms with Crippen molar-refractivity contribution in [2.45, 2.75) is 26.7 Å². The fourth-order valence-electron chi connectivity index (χ4n) is 1.83. The molecular weight excluding hydrogens is 254 g/mol. The molecule has 0 aliphatic rings. The molecular formula is C15H17N3O2. The van der Waals surface area contributed by atoms with Crippen LogP contribution in [0.1, 0.15) is 41.6 Å². The molecule has 5 nitrogen and oxygen atoms in total. The second-order valence-electron chi connectivity index (χ2n) is 4.88. The van der Waals surface area contributed by atoms with Crippen LogP contribution in [0.3, 0.4) is 0 Å². The molecule has 5 heteroatoms. The van der Waals surface area contributed by atoms with Crippen molar-refractivity contribution in [1.82, 2.24) is 9.97 Å². The molecule has 0 unspecified atom stereocenters. The second-order valence-corrected chi connectivity index (χ2v) is 4.88. The van der Waals surface area contributed by atoms with Crippen molar-refractivity contribution >= 4 is 17.5 Å². The number of anilines is 2. The van der Waals surface area contributed by atoms with Crippen molar-refractivity contribution in [2.75, 3.05) is 5.32 Å². The molecule has 104 valence electrons. The Bertz CT molecular complexity index is 639. The average molecular weight is 271 g/mol. The molecule has 0 saturated heterocycles. The number of nitrogens with zero attached hydrogens (tertiary/aromatic N) is 2. The number of para-hydroxylation sites is 1. The highest BCUT2D eigenvalue weighted by atomic mass is 16.4. The van der Waals surface area contributed by atoms with E-state index in [9.17, 15) is 4.79 Å². The van der Waals surface area contributed by atoms with Gasteiger partial charge in [-0.05, 0) is 19.1 Å². The minimum absolute atomic E-state index is 0.213. The van der Waals surface area contributed by atoms with Crippen molar-refractivity contribution in [3.05, 3.63) is 47.4 Å². The molecule has 0 aliphatic carbocycles. The maximum absolute atomic E-state index is 11.2. The van der Waals surface area contributed by atoms with Crippen LogP contribution in [0, 0.1) is 6.92 Å². The van der Waals surface area contributed by atoms with Gasteiger partial charge in [0.15, 0.2) is 0 Å². The third kappa shape index (κ3) is 3.12. The van der Waals surface area contributed by atoms with Crippen molar-refractivity contribution < 1.29 is 9.90 Å². The van der Waals surface area contributed by atoms with Crippen molar-refractivity contribution in [3.63, 3.8) is 0 Å². The summed E-state index contributed by atoms with van der Waals surface area (Å²) in [6.07, 6.45) is 0. The van der Waals surface area contributed by atoms with Gasteiger partial charge in [-0.15, -0.1) is 0 Å². The number of aromatic carboxylic acids is 1. The lowest BCUT2D eigenvalue weighted by molar-refractivity contribution is 0.0698. The van der Waals surface area contributed by atoms with Gasteiger partial charge >= 0.3 is 5.97 Å². The summed E-state index contributed by atoms with van der Waals surface area (Å²) >= 11 is 0. The van der Waals surface area contributed by atoms with Gasteiger partial charge in [-0.1, -0.05) is 26.0 Å². The summed E-state index contributed by atoms with van der Waals surface area (Å²) in [5.74, 6) is 0.586. The summed E-state index contributed by atoms with van der Waals surface area (Å²) in [5, 5.41) is 12.2. The van der Waals surface area contributed by atoms with Gasteiger partial charge in [-0.2, -0.15) is 0 Å². The van der Waals surface area contributed by atoms with Gasteiger partial charge in [0.05, 0.1) is 11.3 Å². The average Bonchev–Trinajstić information content (AvgIpc) is 2.38. The zero-order valence-electron chi connectivity index (χ0n) is 11.7. The first-order valence-corrected chi connectivity index (χ1v) is 6.42. The van der Waals surface area contributed by atoms with Crippen LogP contribution < -0.4 is 5.32 Å². The lowest BCUT2D eigenvalue weighted by Crippen LogP contribution is -2.06. The number of hydrogen-bond acceptors (Lipinski definition) is 4. The maximum atomic E-state index is 11.2. The third-order valence-electron chi connectivity index (χ3n) is 2.81. The lowest BCUT2D eigenvalue weighted by atomic mass is 10.1. The van der Waals surface area contributed by atoms with Crippen molar-refractivity contribution in [1.29, 1.82) is 0 Å². The van der Waals surface area contributed by atoms with E-state index in [0.717, 1.165) is 11.5 Å². The summed E-state index contributed by atoms with van der Waals surface area (Å²) in [5.41, 5.74) is 1.58. The molecule has 0 atom stereocenters. The number of hydrogen-bond donors (Lipinski definition) is 2. The highest BCUT2D eigenvalue weighted by Gasteiger charge is 2.11. The Morgan fingerprint density at radius 1 is 1.25 bits per heavy atom. The molecule has 2 N–H and O–H groups in total. The van der Waals surface area contributed by atoms with Crippen LogP contribution in [0.15, 0.2) is 30.3 Å². The Labute approximate surface area is 117 Å². The normalized spacial score (nSPS) is 10.6. The van der Waals surface area contributed by atoms with E-state index in [4.69, 9.17) is 5.11 Å². The van der Waals surface area contributed by atoms with Gasteiger partial charge in [0.2, 0.25) is 0 Å². The van der Waals surface area contributed by atoms with E-state index >= 15 is 0 Å². The number of carbonyl (C=O) groups is 1. The van der Waals surface area contributed by atoms with Gasteiger partial charge < -0.3 is 10.4 Å². The van der Waals surface area contributed by atoms with Crippen LogP contribution >= 0.6 is 0 Å². The number of aryl methyl sites for hydroxylation is 1. The quantitative estimate of drug-likeness (QED) is 0.891. The summed E-state index contributed by atoms with van der Waals surface area (Å²) in [6.45, 7) is 5.93. The second kappa shape index (κ2) is 5.69. The Hall–Kier alpha value is -2.43. The first kappa shape index (κ1) is 14.0. The number of aromatic nitrogens is 2. The number of benzene rings is 1. The van der Waals surface area contributed by atoms with Crippen LogP contribution in [0.4, 0.5) is 11.5 Å². The monoisotopic (exact) mass is 271 g/mol. The zero-order chi connectivity index (χ0) is 14.7. The largest absolute Gasteiger partial charge is 0.478 e. The van der Waals surface area contributed by atoms with E-state index in [1.807, 2.05) is 20.8 Å². The summed E-state index contributed by atoms with van der Waals surface area (Å²) < 4.78 is 0. The van der Waals surface area contributed by atoms with Gasteiger partial charge in [0, 0.05) is 17.7 Å². The van der Waals surface area contributed by atoms with E-state index in [-0.39, 0.29) is 11.5 Å². The number of rotatable bonds is 4. The predicted octanol–water partition coefficient (Wildman–Crippen LogP) is 3.35. The summed E-state index contributed by atoms with van der Waals surface area (Å²) in [6, 6.07) is 8.55. The minimum Gasteiger partial charge on any atom is -0.478 e. The number of nitrogens with one attached hydrogen (secondary N) is 1. The molecule has 20 heavy (non-hydrogen) atoms. The molecule has 0 amide bonds. The van der Waals surface area contributed by atoms with Crippen LogP contribution in [0.25, 0.3) is 0 Å². The Morgan fingerprint density at radius 3 is 2.60 bits per heavy atom. The van der Waals surface area contributed by atoms with Gasteiger partial charge in [-0.25, -0.2) is 14.8 Å². The van der Waals surface area contributed by atoms with E-state index in [1.165, 1.54) is 0 Å². The number of carboxylic acids is 1. The first-order chi connectivity index (χ1) is 9.47. The molecule has 0 saturated carbocycles. The number of carboxylic acid groups (broad SMARTS) is 1. The molecule has 0 bridgehead atoms. The Kier molecular flexibility index (Phi) is 3.98. The molecule has 0 spiro atoms. The van der Waals surface area contributed by atoms with Crippen molar-refractivity contribution in [2.24, 2.45) is 0 Å². The van der Waals surface area contributed by atoms with E-state index in [1.54, 1.807) is 30.3 Å². The highest BCUT2D eigenvalue weighted by molar-refractivity contribution is 5.94. The molecule has 2 aromatic rings. The van der Waals surface area contributed by atoms with Crippen LogP contribution in [-0.4, -0.2) is 21.0 Å². The van der Waals surface area contributed by atoms with E-state index < -0.39 is 5.97 Å². The van der Waals surface area contributed by atoms with Gasteiger partial charge in [0.25, 0.3) is 0 Å². The molecule has 0 aliphatic heterocycles. The topological polar surface area (TPSA) is 75.1 Å². The minimum atomic E-state index is -0.969. The van der Waals surface area contributed by atoms with E-state index in [0.29, 0.717) is 11.5 Å². The summed E-state index contributed by atoms with van der Waals surface area (Å²) in [7, 11) is 0. The molecule has 2 rings (SSSR count). The standard InChI is InChI=1S/C15H17N3O2/c1-9(2)14-16-10(3)8-13(18-14)17-12-7-5-4-6-11(12)15(19)20/h4-9H,1-3H3,(H,19,20)(H,16,17,18). The smallest absolute Gasteiger partial charge is 0.337 e. The fraction of sp³-hybridized carbons (Fsp3) is 0.267. The summed E-state index contributed by atoms with van der Waals surface area (Å²) in [4.78, 5) is 20.0. The molecule has 0 fully saturated rings. The van der Waals surface area contributed by atoms with Crippen LogP contribution in [-0.2, 0) is 0 Å². The zero-order valence-corrected chi connectivity index (χ0v) is 11.7. The fourth-order valence-corrected chi connectivity index (χ4v) is 1.83. The lowest BCUT2D eigenvalue weighted by Gasteiger charge is -2.11. The van der Waals surface area contributed by atoms with Crippen molar-refractivity contribution in [3.8, 4) is 0 Å². The maximum Gasteiger partial charge on any atom is 0.337 e. The molecule has 1 aromatic heterocycles. The van der Waals surface area contributed by atoms with Crippen LogP contribution in [0.5, 0.6) is 0 Å². The predicted molar refractivity (Wildman–Crippen MR) is 77.5 cm³/mol. The highest BCUT2D eigenvalue weighted by Crippen LogP contribution is 2.21. The molecule has 1 heterocycles. The molecule has 1 aromatic carbocycles. The third-order valence-corrected chi connectivity index (χ3v) is 2.81.